The Hall–Kier alpha value is -1.90. The van der Waals surface area contributed by atoms with Gasteiger partial charge >= 0.3 is 0 Å². The first kappa shape index (κ1) is 23.3. The Labute approximate surface area is 201 Å². The van der Waals surface area contributed by atoms with Crippen LogP contribution in [0.3, 0.4) is 0 Å². The Bertz CT molecular complexity index is 1040. The maximum Gasteiger partial charge on any atom is 0.163 e. The second-order valence-corrected chi connectivity index (χ2v) is 10.8. The van der Waals surface area contributed by atoms with E-state index in [1.165, 1.54) is 16.4 Å². The molecular weight excluding hydrogens is 483 g/mol. The Kier molecular flexibility index (Phi) is 7.86. The van der Waals surface area contributed by atoms with Crippen molar-refractivity contribution in [2.45, 2.75) is 38.0 Å². The molecule has 1 aliphatic carbocycles. The number of ether oxygens (including phenoxy) is 2. The molecule has 3 unspecified atom stereocenters. The third-order valence-corrected chi connectivity index (χ3v) is 8.51. The first-order valence-corrected chi connectivity index (χ1v) is 13.2. The molecule has 2 aromatic carbocycles. The lowest BCUT2D eigenvalue weighted by atomic mass is 9.87. The molecule has 0 aromatic heterocycles. The number of carbonyl (C=O) groups is 1. The van der Waals surface area contributed by atoms with Crippen LogP contribution in [0.2, 0.25) is 0 Å². The van der Waals surface area contributed by atoms with E-state index in [2.05, 4.69) is 52.4 Å². The number of fused-ring (bicyclic) bond motifs is 3. The quantitative estimate of drug-likeness (QED) is 0.326. The Morgan fingerprint density at radius 1 is 1.12 bits per heavy atom. The van der Waals surface area contributed by atoms with Crippen molar-refractivity contribution in [3.63, 3.8) is 0 Å². The zero-order valence-electron chi connectivity index (χ0n) is 18.7. The van der Waals surface area contributed by atoms with Crippen LogP contribution < -0.4 is 14.8 Å². The number of rotatable bonds is 5. The molecule has 0 amide bonds. The number of ketones is 1. The lowest BCUT2D eigenvalue weighted by Gasteiger charge is -2.18. The minimum Gasteiger partial charge on any atom is -0.497 e. The molecule has 0 bridgehead atoms. The van der Waals surface area contributed by atoms with Crippen molar-refractivity contribution in [2.75, 3.05) is 20.4 Å². The predicted octanol–water partition coefficient (Wildman–Crippen LogP) is 6.81. The SMILES string of the molecule is COc1ccc2c(c1)PCCC(CC(=O)c1ccc(Br)c(OC)c1)CCCC1=CC=CC12. The van der Waals surface area contributed by atoms with Gasteiger partial charge in [0.1, 0.15) is 11.5 Å². The highest BCUT2D eigenvalue weighted by atomic mass is 79.9. The molecular formula is C27H30BrO3P. The van der Waals surface area contributed by atoms with Crippen LogP contribution in [0.5, 0.6) is 11.5 Å². The molecule has 0 spiro atoms. The number of halogens is 1. The molecule has 0 radical (unpaired) electrons. The molecule has 2 aromatic rings. The minimum absolute atomic E-state index is 0.209. The molecule has 4 rings (SSSR count). The number of methoxy groups -OCH3 is 2. The molecule has 168 valence electrons. The number of Topliss-reactive ketones (excluding diaryl/α,β-unsaturated/α-hetero) is 1. The van der Waals surface area contributed by atoms with E-state index in [4.69, 9.17) is 9.47 Å². The standard InChI is InChI=1S/C27H30BrO3P/c1-30-21-10-11-23-22-8-4-7-19(22)6-3-5-18(13-14-32-27(23)17-21)15-25(29)20-9-12-24(28)26(16-20)31-2/h4,7-12,16-18,22,32H,3,5-6,13-15H2,1-2H3. The molecule has 5 heteroatoms. The zero-order valence-corrected chi connectivity index (χ0v) is 21.3. The van der Waals surface area contributed by atoms with Crippen molar-refractivity contribution >= 4 is 35.6 Å². The second kappa shape index (κ2) is 10.8. The van der Waals surface area contributed by atoms with Gasteiger partial charge in [-0.05, 0) is 88.8 Å². The van der Waals surface area contributed by atoms with Gasteiger partial charge in [-0.1, -0.05) is 44.5 Å². The van der Waals surface area contributed by atoms with Gasteiger partial charge in [-0.2, -0.15) is 0 Å². The average Bonchev–Trinajstić information content (AvgIpc) is 3.26. The van der Waals surface area contributed by atoms with Crippen molar-refractivity contribution in [1.82, 2.24) is 0 Å². The highest BCUT2D eigenvalue weighted by molar-refractivity contribution is 9.10. The van der Waals surface area contributed by atoms with Crippen molar-refractivity contribution in [1.29, 1.82) is 0 Å². The van der Waals surface area contributed by atoms with Gasteiger partial charge < -0.3 is 9.47 Å². The largest absolute Gasteiger partial charge is 0.497 e. The molecule has 0 fully saturated rings. The van der Waals surface area contributed by atoms with Crippen LogP contribution in [-0.2, 0) is 0 Å². The van der Waals surface area contributed by atoms with E-state index in [1.807, 2.05) is 18.2 Å². The summed E-state index contributed by atoms with van der Waals surface area (Å²) in [7, 11) is 4.09. The molecule has 1 aliphatic heterocycles. The summed E-state index contributed by atoms with van der Waals surface area (Å²) < 4.78 is 11.8. The molecule has 3 nitrogen and oxygen atoms in total. The number of hydrogen-bond acceptors (Lipinski definition) is 3. The summed E-state index contributed by atoms with van der Waals surface area (Å²) in [6, 6.07) is 12.2. The minimum atomic E-state index is 0.209. The highest BCUT2D eigenvalue weighted by Gasteiger charge is 2.23. The summed E-state index contributed by atoms with van der Waals surface area (Å²) in [5.74, 6) is 2.63. The Balaban J connectivity index is 1.51. The summed E-state index contributed by atoms with van der Waals surface area (Å²) in [5, 5.41) is 1.40. The zero-order chi connectivity index (χ0) is 22.5. The van der Waals surface area contributed by atoms with Gasteiger partial charge in [0.05, 0.1) is 18.7 Å². The Morgan fingerprint density at radius 3 is 2.81 bits per heavy atom. The van der Waals surface area contributed by atoms with E-state index in [9.17, 15) is 4.79 Å². The van der Waals surface area contributed by atoms with Crippen LogP contribution in [0.1, 0.15) is 53.9 Å². The van der Waals surface area contributed by atoms with Gasteiger partial charge in [-0.15, -0.1) is 0 Å². The summed E-state index contributed by atoms with van der Waals surface area (Å²) in [6.07, 6.45) is 12.9. The van der Waals surface area contributed by atoms with Crippen LogP contribution in [0.25, 0.3) is 0 Å². The topological polar surface area (TPSA) is 35.5 Å². The average molecular weight is 513 g/mol. The molecule has 0 saturated heterocycles. The summed E-state index contributed by atoms with van der Waals surface area (Å²) in [6.45, 7) is 0. The molecule has 1 heterocycles. The lowest BCUT2D eigenvalue weighted by Crippen LogP contribution is -2.12. The molecule has 32 heavy (non-hydrogen) atoms. The second-order valence-electron chi connectivity index (χ2n) is 8.51. The van der Waals surface area contributed by atoms with Crippen molar-refractivity contribution < 1.29 is 14.3 Å². The Morgan fingerprint density at radius 2 is 2.00 bits per heavy atom. The predicted molar refractivity (Wildman–Crippen MR) is 137 cm³/mol. The van der Waals surface area contributed by atoms with Crippen LogP contribution in [0, 0.1) is 5.92 Å². The van der Waals surface area contributed by atoms with Gasteiger partial charge in [-0.25, -0.2) is 0 Å². The van der Waals surface area contributed by atoms with Gasteiger partial charge in [-0.3, -0.25) is 4.79 Å². The summed E-state index contributed by atoms with van der Waals surface area (Å²) >= 11 is 3.47. The first-order chi connectivity index (χ1) is 15.6. The summed E-state index contributed by atoms with van der Waals surface area (Å²) in [5.41, 5.74) is 3.64. The molecule has 0 saturated carbocycles. The van der Waals surface area contributed by atoms with Crippen LogP contribution in [0.4, 0.5) is 0 Å². The monoisotopic (exact) mass is 512 g/mol. The van der Waals surface area contributed by atoms with E-state index in [0.29, 0.717) is 24.0 Å². The first-order valence-electron chi connectivity index (χ1n) is 11.2. The molecule has 2 aliphatic rings. The smallest absolute Gasteiger partial charge is 0.163 e. The van der Waals surface area contributed by atoms with Gasteiger partial charge in [0.25, 0.3) is 0 Å². The number of hydrogen-bond donors (Lipinski definition) is 0. The van der Waals surface area contributed by atoms with Crippen molar-refractivity contribution in [3.8, 4) is 11.5 Å². The fraction of sp³-hybridized carbons (Fsp3) is 0.370. The molecule has 3 atom stereocenters. The van der Waals surface area contributed by atoms with Crippen molar-refractivity contribution in [3.05, 3.63) is 75.8 Å². The van der Waals surface area contributed by atoms with E-state index in [1.54, 1.807) is 14.2 Å². The molecule has 0 N–H and O–H groups in total. The fourth-order valence-corrected chi connectivity index (χ4v) is 6.63. The third kappa shape index (κ3) is 5.35. The van der Waals surface area contributed by atoms with Gasteiger partial charge in [0.2, 0.25) is 0 Å². The van der Waals surface area contributed by atoms with Crippen LogP contribution in [0.15, 0.2) is 64.7 Å². The maximum absolute atomic E-state index is 13.1. The van der Waals surface area contributed by atoms with E-state index in [0.717, 1.165) is 56.2 Å². The lowest BCUT2D eigenvalue weighted by molar-refractivity contribution is 0.0957. The number of carbonyl (C=O) groups excluding carboxylic acids is 1. The van der Waals surface area contributed by atoms with E-state index in [-0.39, 0.29) is 5.78 Å². The van der Waals surface area contributed by atoms with E-state index < -0.39 is 0 Å². The fourth-order valence-electron chi connectivity index (χ4n) is 4.71. The van der Waals surface area contributed by atoms with Crippen molar-refractivity contribution in [2.24, 2.45) is 5.92 Å². The van der Waals surface area contributed by atoms with E-state index >= 15 is 0 Å². The van der Waals surface area contributed by atoms with Crippen LogP contribution >= 0.6 is 24.5 Å². The van der Waals surface area contributed by atoms with Gasteiger partial charge in [0, 0.05) is 17.9 Å². The number of benzene rings is 2. The third-order valence-electron chi connectivity index (χ3n) is 6.50. The van der Waals surface area contributed by atoms with Gasteiger partial charge in [0.15, 0.2) is 5.78 Å². The normalized spacial score (nSPS) is 21.3. The van der Waals surface area contributed by atoms with Crippen LogP contribution in [-0.4, -0.2) is 26.2 Å². The maximum atomic E-state index is 13.1. The summed E-state index contributed by atoms with van der Waals surface area (Å²) in [4.78, 5) is 13.1. The highest BCUT2D eigenvalue weighted by Crippen LogP contribution is 2.38. The number of allylic oxidation sites excluding steroid dienone is 4.